The normalized spacial score (nSPS) is 21.4. The monoisotopic (exact) mass is 262 g/mol. The molecule has 0 aliphatic carbocycles. The smallest absolute Gasteiger partial charge is 0.118 e. The van der Waals surface area contributed by atoms with Gasteiger partial charge in [0.2, 0.25) is 0 Å². The standard InChI is InChI=1S/C16H26N2O/c1-4-16(13-7-9-15(19-3)10-8-13)18(2)14-6-5-11-17-12-14/h7-10,14,16-17H,4-6,11-12H2,1-3H3. The minimum Gasteiger partial charge on any atom is -0.497 e. The van der Waals surface area contributed by atoms with Crippen LogP contribution in [0.1, 0.15) is 37.8 Å². The first-order valence-corrected chi connectivity index (χ1v) is 7.32. The highest BCUT2D eigenvalue weighted by Crippen LogP contribution is 2.28. The highest BCUT2D eigenvalue weighted by atomic mass is 16.5. The lowest BCUT2D eigenvalue weighted by Gasteiger charge is -2.37. The second-order valence-electron chi connectivity index (χ2n) is 5.36. The Labute approximate surface area is 116 Å². The van der Waals surface area contributed by atoms with E-state index in [1.54, 1.807) is 7.11 Å². The van der Waals surface area contributed by atoms with Crippen LogP contribution in [0.2, 0.25) is 0 Å². The second kappa shape index (κ2) is 6.92. The number of methoxy groups -OCH3 is 1. The lowest BCUT2D eigenvalue weighted by Crippen LogP contribution is -2.45. The zero-order valence-electron chi connectivity index (χ0n) is 12.4. The van der Waals surface area contributed by atoms with Crippen LogP contribution in [0.3, 0.4) is 0 Å². The van der Waals surface area contributed by atoms with Crippen molar-refractivity contribution in [2.24, 2.45) is 0 Å². The Bertz CT molecular complexity index is 371. The van der Waals surface area contributed by atoms with Gasteiger partial charge in [-0.05, 0) is 50.6 Å². The maximum absolute atomic E-state index is 5.24. The molecule has 0 aromatic heterocycles. The van der Waals surface area contributed by atoms with Crippen LogP contribution in [-0.4, -0.2) is 38.2 Å². The first kappa shape index (κ1) is 14.4. The van der Waals surface area contributed by atoms with Gasteiger partial charge in [-0.25, -0.2) is 0 Å². The molecule has 1 heterocycles. The lowest BCUT2D eigenvalue weighted by molar-refractivity contribution is 0.143. The molecule has 3 nitrogen and oxygen atoms in total. The van der Waals surface area contributed by atoms with Crippen molar-refractivity contribution in [3.63, 3.8) is 0 Å². The highest BCUT2D eigenvalue weighted by Gasteiger charge is 2.24. The van der Waals surface area contributed by atoms with Gasteiger partial charge in [0, 0.05) is 18.6 Å². The van der Waals surface area contributed by atoms with Crippen molar-refractivity contribution in [2.45, 2.75) is 38.3 Å². The number of ether oxygens (including phenoxy) is 1. The van der Waals surface area contributed by atoms with Crippen LogP contribution >= 0.6 is 0 Å². The number of hydrogen-bond donors (Lipinski definition) is 1. The molecule has 1 N–H and O–H groups in total. The van der Waals surface area contributed by atoms with Crippen LogP contribution in [0.5, 0.6) is 5.75 Å². The number of hydrogen-bond acceptors (Lipinski definition) is 3. The summed E-state index contributed by atoms with van der Waals surface area (Å²) in [6.45, 7) is 4.55. The summed E-state index contributed by atoms with van der Waals surface area (Å²) < 4.78 is 5.24. The SMILES string of the molecule is CCC(c1ccc(OC)cc1)N(C)C1CCCNC1. The van der Waals surface area contributed by atoms with Gasteiger partial charge in [-0.15, -0.1) is 0 Å². The second-order valence-corrected chi connectivity index (χ2v) is 5.36. The van der Waals surface area contributed by atoms with E-state index in [-0.39, 0.29) is 0 Å². The van der Waals surface area contributed by atoms with Crippen LogP contribution in [-0.2, 0) is 0 Å². The van der Waals surface area contributed by atoms with E-state index in [4.69, 9.17) is 4.74 Å². The molecule has 0 radical (unpaired) electrons. The van der Waals surface area contributed by atoms with E-state index < -0.39 is 0 Å². The van der Waals surface area contributed by atoms with Crippen LogP contribution in [0, 0.1) is 0 Å². The molecular weight excluding hydrogens is 236 g/mol. The quantitative estimate of drug-likeness (QED) is 0.883. The van der Waals surface area contributed by atoms with Gasteiger partial charge in [-0.3, -0.25) is 4.90 Å². The van der Waals surface area contributed by atoms with E-state index in [0.717, 1.165) is 18.7 Å². The molecule has 19 heavy (non-hydrogen) atoms. The van der Waals surface area contributed by atoms with Crippen LogP contribution in [0.15, 0.2) is 24.3 Å². The summed E-state index contributed by atoms with van der Waals surface area (Å²) in [7, 11) is 3.97. The maximum Gasteiger partial charge on any atom is 0.118 e. The Morgan fingerprint density at radius 2 is 2.11 bits per heavy atom. The van der Waals surface area contributed by atoms with Crippen LogP contribution in [0.4, 0.5) is 0 Å². The summed E-state index contributed by atoms with van der Waals surface area (Å²) in [5.41, 5.74) is 1.39. The third-order valence-corrected chi connectivity index (χ3v) is 4.23. The Morgan fingerprint density at radius 1 is 1.37 bits per heavy atom. The fourth-order valence-corrected chi connectivity index (χ4v) is 3.02. The molecule has 2 unspecified atom stereocenters. The van der Waals surface area contributed by atoms with E-state index in [0.29, 0.717) is 12.1 Å². The number of likely N-dealkylation sites (N-methyl/N-ethyl adjacent to an activating group) is 1. The summed E-state index contributed by atoms with van der Waals surface area (Å²) in [5.74, 6) is 0.931. The summed E-state index contributed by atoms with van der Waals surface area (Å²) in [6, 6.07) is 9.66. The Kier molecular flexibility index (Phi) is 5.23. The van der Waals surface area contributed by atoms with Gasteiger partial charge >= 0.3 is 0 Å². The average molecular weight is 262 g/mol. The van der Waals surface area contributed by atoms with E-state index in [2.05, 4.69) is 48.5 Å². The largest absolute Gasteiger partial charge is 0.497 e. The van der Waals surface area contributed by atoms with Crippen molar-refractivity contribution in [3.8, 4) is 5.75 Å². The number of rotatable bonds is 5. The molecule has 106 valence electrons. The maximum atomic E-state index is 5.24. The van der Waals surface area contributed by atoms with Gasteiger partial charge in [-0.1, -0.05) is 19.1 Å². The summed E-state index contributed by atoms with van der Waals surface area (Å²) in [5, 5.41) is 3.50. The van der Waals surface area contributed by atoms with Crippen molar-refractivity contribution in [2.75, 3.05) is 27.2 Å². The molecule has 1 aromatic carbocycles. The van der Waals surface area contributed by atoms with Crippen molar-refractivity contribution < 1.29 is 4.74 Å². The predicted molar refractivity (Wildman–Crippen MR) is 79.7 cm³/mol. The van der Waals surface area contributed by atoms with Crippen molar-refractivity contribution in [3.05, 3.63) is 29.8 Å². The fourth-order valence-electron chi connectivity index (χ4n) is 3.02. The molecule has 1 fully saturated rings. The molecular formula is C16H26N2O. The van der Waals surface area contributed by atoms with Crippen LogP contribution in [0.25, 0.3) is 0 Å². The van der Waals surface area contributed by atoms with Gasteiger partial charge in [0.25, 0.3) is 0 Å². The van der Waals surface area contributed by atoms with Gasteiger partial charge in [0.1, 0.15) is 5.75 Å². The van der Waals surface area contributed by atoms with Crippen molar-refractivity contribution in [1.82, 2.24) is 10.2 Å². The molecule has 1 aromatic rings. The van der Waals surface area contributed by atoms with E-state index >= 15 is 0 Å². The molecule has 0 saturated carbocycles. The molecule has 1 saturated heterocycles. The van der Waals surface area contributed by atoms with Gasteiger partial charge in [-0.2, -0.15) is 0 Å². The van der Waals surface area contributed by atoms with E-state index in [1.165, 1.54) is 24.9 Å². The molecule has 2 atom stereocenters. The zero-order valence-corrected chi connectivity index (χ0v) is 12.4. The molecule has 0 spiro atoms. The molecule has 2 rings (SSSR count). The number of nitrogens with zero attached hydrogens (tertiary/aromatic N) is 1. The average Bonchev–Trinajstić information content (AvgIpc) is 2.49. The van der Waals surface area contributed by atoms with Crippen molar-refractivity contribution >= 4 is 0 Å². The molecule has 1 aliphatic heterocycles. The molecule has 1 aliphatic rings. The Morgan fingerprint density at radius 3 is 2.63 bits per heavy atom. The number of nitrogens with one attached hydrogen (secondary N) is 1. The van der Waals surface area contributed by atoms with Gasteiger partial charge in [0.15, 0.2) is 0 Å². The molecule has 0 bridgehead atoms. The van der Waals surface area contributed by atoms with Gasteiger partial charge < -0.3 is 10.1 Å². The van der Waals surface area contributed by atoms with E-state index in [9.17, 15) is 0 Å². The third kappa shape index (κ3) is 3.48. The fraction of sp³-hybridized carbons (Fsp3) is 0.625. The first-order chi connectivity index (χ1) is 9.26. The number of piperidine rings is 1. The topological polar surface area (TPSA) is 24.5 Å². The summed E-state index contributed by atoms with van der Waals surface area (Å²) in [4.78, 5) is 2.54. The lowest BCUT2D eigenvalue weighted by atomic mass is 9.98. The summed E-state index contributed by atoms with van der Waals surface area (Å²) >= 11 is 0. The molecule has 3 heteroatoms. The minimum atomic E-state index is 0.496. The van der Waals surface area contributed by atoms with Gasteiger partial charge in [0.05, 0.1) is 7.11 Å². The first-order valence-electron chi connectivity index (χ1n) is 7.32. The Balaban J connectivity index is 2.08. The van der Waals surface area contributed by atoms with Crippen LogP contribution < -0.4 is 10.1 Å². The Hall–Kier alpha value is -1.06. The summed E-state index contributed by atoms with van der Waals surface area (Å²) in [6.07, 6.45) is 3.73. The minimum absolute atomic E-state index is 0.496. The van der Waals surface area contributed by atoms with E-state index in [1.807, 2.05) is 0 Å². The molecule has 0 amide bonds. The van der Waals surface area contributed by atoms with Crippen molar-refractivity contribution in [1.29, 1.82) is 0 Å². The number of benzene rings is 1. The highest BCUT2D eigenvalue weighted by molar-refractivity contribution is 5.29. The predicted octanol–water partition coefficient (Wildman–Crippen LogP) is 2.83. The zero-order chi connectivity index (χ0) is 13.7. The third-order valence-electron chi connectivity index (χ3n) is 4.23.